The van der Waals surface area contributed by atoms with Crippen LogP contribution in [0.15, 0.2) is 53.4 Å². The van der Waals surface area contributed by atoms with Crippen LogP contribution in [-0.2, 0) is 34.1 Å². The molecular formula is C27H35N5O2S. The van der Waals surface area contributed by atoms with E-state index in [1.54, 1.807) is 7.11 Å². The van der Waals surface area contributed by atoms with Gasteiger partial charge in [0.05, 0.1) is 22.5 Å². The number of nitrogens with zero attached hydrogens (tertiary/aromatic N) is 3. The summed E-state index contributed by atoms with van der Waals surface area (Å²) in [5.41, 5.74) is 10.2. The van der Waals surface area contributed by atoms with Crippen molar-refractivity contribution in [3.05, 3.63) is 59.9 Å². The second kappa shape index (κ2) is 10.8. The molecule has 186 valence electrons. The highest BCUT2D eigenvalue weighted by Crippen LogP contribution is 2.29. The van der Waals surface area contributed by atoms with Crippen molar-refractivity contribution in [2.24, 2.45) is 0 Å². The summed E-state index contributed by atoms with van der Waals surface area (Å²) in [6, 6.07) is 16.0. The maximum absolute atomic E-state index is 12.7. The minimum atomic E-state index is -1.22. The number of rotatable bonds is 10. The van der Waals surface area contributed by atoms with Gasteiger partial charge >= 0.3 is 0 Å². The summed E-state index contributed by atoms with van der Waals surface area (Å²) in [7, 11) is 0.473. The standard InChI is InChI=1S/C27H35N5O2S/c1-27(2,3)19-11-13-20(14-12-19)35(33)29-16-7-8-17-32-23(15-18-34-4)31-24-25(32)21-9-5-6-10-22(21)30-26(24)28/h5-6,9-14,29H,7-8,15-18H2,1-4H3,(H2,28,30). The summed E-state index contributed by atoms with van der Waals surface area (Å²) in [5, 5.41) is 1.05. The van der Waals surface area contributed by atoms with E-state index >= 15 is 0 Å². The number of unbranched alkanes of at least 4 members (excludes halogenated alkanes) is 1. The number of ether oxygens (including phenoxy) is 1. The van der Waals surface area contributed by atoms with Gasteiger partial charge in [-0.1, -0.05) is 51.1 Å². The highest BCUT2D eigenvalue weighted by molar-refractivity contribution is 7.83. The Balaban J connectivity index is 1.43. The molecule has 0 saturated carbocycles. The van der Waals surface area contributed by atoms with E-state index in [2.05, 4.69) is 53.2 Å². The molecule has 0 bridgehead atoms. The van der Waals surface area contributed by atoms with E-state index in [0.717, 1.165) is 52.0 Å². The third-order valence-electron chi connectivity index (χ3n) is 6.20. The van der Waals surface area contributed by atoms with E-state index in [4.69, 9.17) is 15.5 Å². The number of nitrogens with two attached hydrogens (primary N) is 1. The van der Waals surface area contributed by atoms with Gasteiger partial charge in [-0.2, -0.15) is 0 Å². The first kappa shape index (κ1) is 25.3. The third kappa shape index (κ3) is 5.72. The minimum absolute atomic E-state index is 0.0824. The lowest BCUT2D eigenvalue weighted by atomic mass is 9.87. The zero-order valence-electron chi connectivity index (χ0n) is 21.0. The van der Waals surface area contributed by atoms with Crippen LogP contribution in [-0.4, -0.2) is 39.0 Å². The molecule has 1 unspecified atom stereocenters. The molecule has 0 saturated heterocycles. The van der Waals surface area contributed by atoms with E-state index in [1.165, 1.54) is 5.56 Å². The van der Waals surface area contributed by atoms with Gasteiger partial charge in [0.1, 0.15) is 22.3 Å². The Morgan fingerprint density at radius 3 is 2.51 bits per heavy atom. The number of anilines is 1. The molecule has 0 aliphatic rings. The van der Waals surface area contributed by atoms with E-state index in [-0.39, 0.29) is 5.41 Å². The predicted molar refractivity (Wildman–Crippen MR) is 144 cm³/mol. The Labute approximate surface area is 209 Å². The maximum atomic E-state index is 12.7. The molecule has 4 rings (SSSR count). The fourth-order valence-corrected chi connectivity index (χ4v) is 5.13. The number of aryl methyl sites for hydroxylation is 1. The van der Waals surface area contributed by atoms with Crippen molar-refractivity contribution in [2.75, 3.05) is 26.0 Å². The molecule has 2 aromatic carbocycles. The number of nitrogens with one attached hydrogen (secondary N) is 1. The summed E-state index contributed by atoms with van der Waals surface area (Å²) in [6.45, 7) is 8.57. The number of para-hydroxylation sites is 1. The van der Waals surface area contributed by atoms with Crippen LogP contribution in [0.5, 0.6) is 0 Å². The SMILES string of the molecule is COCCc1nc2c(N)nc3ccccc3c2n1CCCCNS(=O)c1ccc(C(C)(C)C)cc1. The highest BCUT2D eigenvalue weighted by Gasteiger charge is 2.17. The minimum Gasteiger partial charge on any atom is -0.384 e. The van der Waals surface area contributed by atoms with Crippen LogP contribution in [0.25, 0.3) is 21.9 Å². The van der Waals surface area contributed by atoms with Gasteiger partial charge in [0, 0.05) is 32.0 Å². The molecule has 7 nitrogen and oxygen atoms in total. The first-order chi connectivity index (χ1) is 16.8. The van der Waals surface area contributed by atoms with Gasteiger partial charge in [0.25, 0.3) is 0 Å². The summed E-state index contributed by atoms with van der Waals surface area (Å²) in [4.78, 5) is 10.2. The van der Waals surface area contributed by atoms with Crippen molar-refractivity contribution in [3.63, 3.8) is 0 Å². The van der Waals surface area contributed by atoms with Crippen LogP contribution in [0, 0.1) is 0 Å². The summed E-state index contributed by atoms with van der Waals surface area (Å²) < 4.78 is 23.4. The van der Waals surface area contributed by atoms with Crippen molar-refractivity contribution in [1.29, 1.82) is 0 Å². The molecule has 1 atom stereocenters. The van der Waals surface area contributed by atoms with Gasteiger partial charge < -0.3 is 15.0 Å². The van der Waals surface area contributed by atoms with Gasteiger partial charge in [0.2, 0.25) is 0 Å². The summed E-state index contributed by atoms with van der Waals surface area (Å²) in [5.74, 6) is 1.40. The topological polar surface area (TPSA) is 95.1 Å². The number of benzene rings is 2. The molecule has 3 N–H and O–H groups in total. The molecule has 0 radical (unpaired) electrons. The first-order valence-corrected chi connectivity index (χ1v) is 13.2. The van der Waals surface area contributed by atoms with Gasteiger partial charge in [-0.25, -0.2) is 18.9 Å². The van der Waals surface area contributed by atoms with Crippen LogP contribution < -0.4 is 10.5 Å². The lowest BCUT2D eigenvalue weighted by molar-refractivity contribution is 0.199. The average molecular weight is 494 g/mol. The maximum Gasteiger partial charge on any atom is 0.152 e. The van der Waals surface area contributed by atoms with E-state index in [0.29, 0.717) is 25.4 Å². The predicted octanol–water partition coefficient (Wildman–Crippen LogP) is 4.75. The molecule has 2 aromatic heterocycles. The smallest absolute Gasteiger partial charge is 0.152 e. The summed E-state index contributed by atoms with van der Waals surface area (Å²) in [6.07, 6.45) is 2.49. The van der Waals surface area contributed by atoms with Crippen molar-refractivity contribution >= 4 is 38.7 Å². The number of pyridine rings is 1. The Kier molecular flexibility index (Phi) is 7.84. The molecule has 0 fully saturated rings. The van der Waals surface area contributed by atoms with Crippen molar-refractivity contribution in [1.82, 2.24) is 19.3 Å². The number of fused-ring (bicyclic) bond motifs is 3. The third-order valence-corrected chi connectivity index (χ3v) is 7.36. The molecule has 0 amide bonds. The number of methoxy groups -OCH3 is 1. The van der Waals surface area contributed by atoms with Crippen LogP contribution in [0.4, 0.5) is 5.82 Å². The zero-order chi connectivity index (χ0) is 25.0. The number of hydrogen-bond donors (Lipinski definition) is 2. The molecule has 0 spiro atoms. The Bertz CT molecular complexity index is 1330. The molecule has 0 aliphatic heterocycles. The summed E-state index contributed by atoms with van der Waals surface area (Å²) >= 11 is 0. The van der Waals surface area contributed by atoms with Gasteiger partial charge in [-0.3, -0.25) is 0 Å². The van der Waals surface area contributed by atoms with Crippen LogP contribution in [0.1, 0.15) is 45.0 Å². The normalized spacial score (nSPS) is 13.0. The first-order valence-electron chi connectivity index (χ1n) is 12.1. The van der Waals surface area contributed by atoms with E-state index in [1.807, 2.05) is 30.3 Å². The van der Waals surface area contributed by atoms with Crippen molar-refractivity contribution in [2.45, 2.75) is 56.9 Å². The van der Waals surface area contributed by atoms with Crippen LogP contribution >= 0.6 is 0 Å². The second-order valence-corrected chi connectivity index (χ2v) is 11.1. The van der Waals surface area contributed by atoms with E-state index < -0.39 is 11.0 Å². The molecule has 0 aliphatic carbocycles. The molecule has 35 heavy (non-hydrogen) atoms. The Hall–Kier alpha value is -2.81. The van der Waals surface area contributed by atoms with Crippen molar-refractivity contribution < 1.29 is 8.95 Å². The lowest BCUT2D eigenvalue weighted by Gasteiger charge is -2.19. The molecule has 2 heterocycles. The molecule has 4 aromatic rings. The fourth-order valence-electron chi connectivity index (χ4n) is 4.25. The number of hydrogen-bond acceptors (Lipinski definition) is 5. The fraction of sp³-hybridized carbons (Fsp3) is 0.407. The van der Waals surface area contributed by atoms with E-state index in [9.17, 15) is 4.21 Å². The van der Waals surface area contributed by atoms with Gasteiger partial charge in [-0.15, -0.1) is 0 Å². The highest BCUT2D eigenvalue weighted by atomic mass is 32.2. The van der Waals surface area contributed by atoms with Crippen molar-refractivity contribution in [3.8, 4) is 0 Å². The lowest BCUT2D eigenvalue weighted by Crippen LogP contribution is -2.19. The molecular weight excluding hydrogens is 458 g/mol. The monoisotopic (exact) mass is 493 g/mol. The number of imidazole rings is 1. The number of aromatic nitrogens is 3. The second-order valence-electron chi connectivity index (χ2n) is 9.78. The largest absolute Gasteiger partial charge is 0.384 e. The number of nitrogen functional groups attached to an aromatic ring is 1. The Morgan fingerprint density at radius 1 is 1.06 bits per heavy atom. The molecule has 8 heteroatoms. The van der Waals surface area contributed by atoms with Crippen LogP contribution in [0.3, 0.4) is 0 Å². The average Bonchev–Trinajstić information content (AvgIpc) is 3.21. The van der Waals surface area contributed by atoms with Gasteiger partial charge in [-0.05, 0) is 42.0 Å². The zero-order valence-corrected chi connectivity index (χ0v) is 21.8. The quantitative estimate of drug-likeness (QED) is 0.311. The van der Waals surface area contributed by atoms with Crippen LogP contribution in [0.2, 0.25) is 0 Å². The van der Waals surface area contributed by atoms with Gasteiger partial charge in [0.15, 0.2) is 5.82 Å². The Morgan fingerprint density at radius 2 is 1.80 bits per heavy atom.